The number of carboxylic acids is 1. The van der Waals surface area contributed by atoms with Gasteiger partial charge in [-0.3, -0.25) is 10.1 Å². The van der Waals surface area contributed by atoms with Crippen molar-refractivity contribution in [2.45, 2.75) is 6.92 Å². The number of nitrogens with zero attached hydrogens (tertiary/aromatic N) is 3. The Balaban J connectivity index is 1.88. The van der Waals surface area contributed by atoms with E-state index in [4.69, 9.17) is 5.11 Å². The second kappa shape index (κ2) is 5.83. The van der Waals surface area contributed by atoms with Crippen molar-refractivity contribution in [1.82, 2.24) is 20.2 Å². The van der Waals surface area contributed by atoms with Gasteiger partial charge in [-0.05, 0) is 24.6 Å². The largest absolute Gasteiger partial charge is 0.478 e. The molecule has 0 saturated carbocycles. The molecule has 0 radical (unpaired) electrons. The molecule has 0 aliphatic heterocycles. The summed E-state index contributed by atoms with van der Waals surface area (Å²) in [5, 5.41) is 17.4. The predicted molar refractivity (Wildman–Crippen MR) is 94.3 cm³/mol. The van der Waals surface area contributed by atoms with Crippen molar-refractivity contribution in [3.8, 4) is 22.4 Å². The zero-order chi connectivity index (χ0) is 17.4. The van der Waals surface area contributed by atoms with Gasteiger partial charge in [0.25, 0.3) is 0 Å². The lowest BCUT2D eigenvalue weighted by atomic mass is 10.0. The van der Waals surface area contributed by atoms with Crippen molar-refractivity contribution in [3.05, 3.63) is 66.1 Å². The zero-order valence-corrected chi connectivity index (χ0v) is 13.4. The quantitative estimate of drug-likeness (QED) is 0.597. The van der Waals surface area contributed by atoms with Crippen molar-refractivity contribution >= 4 is 17.0 Å². The number of carbonyl (C=O) groups is 1. The van der Waals surface area contributed by atoms with Crippen LogP contribution in [0.4, 0.5) is 0 Å². The zero-order valence-electron chi connectivity index (χ0n) is 13.4. The van der Waals surface area contributed by atoms with E-state index in [1.807, 2.05) is 37.3 Å². The SMILES string of the molecule is Cc1ccccc1-c1[nH]nc2ncc(-c3cncc(C(=O)O)c3)cc12. The van der Waals surface area contributed by atoms with Gasteiger partial charge in [-0.2, -0.15) is 5.10 Å². The number of hydrogen-bond donors (Lipinski definition) is 2. The van der Waals surface area contributed by atoms with Crippen molar-refractivity contribution < 1.29 is 9.90 Å². The Morgan fingerprint density at radius 1 is 1.08 bits per heavy atom. The average molecular weight is 330 g/mol. The summed E-state index contributed by atoms with van der Waals surface area (Å²) < 4.78 is 0. The third kappa shape index (κ3) is 2.63. The van der Waals surface area contributed by atoms with E-state index in [0.717, 1.165) is 27.8 Å². The molecular weight excluding hydrogens is 316 g/mol. The van der Waals surface area contributed by atoms with Gasteiger partial charge in [0.05, 0.1) is 11.3 Å². The van der Waals surface area contributed by atoms with Crippen LogP contribution >= 0.6 is 0 Å². The first kappa shape index (κ1) is 15.0. The van der Waals surface area contributed by atoms with Crippen LogP contribution in [0.15, 0.2) is 55.0 Å². The van der Waals surface area contributed by atoms with Crippen LogP contribution in [0.5, 0.6) is 0 Å². The van der Waals surface area contributed by atoms with E-state index in [1.54, 1.807) is 18.5 Å². The molecule has 2 N–H and O–H groups in total. The Labute approximate surface area is 143 Å². The number of aromatic nitrogens is 4. The number of rotatable bonds is 3. The van der Waals surface area contributed by atoms with Crippen LogP contribution in [0, 0.1) is 6.92 Å². The number of aromatic amines is 1. The van der Waals surface area contributed by atoms with Gasteiger partial charge in [0, 0.05) is 40.7 Å². The summed E-state index contributed by atoms with van der Waals surface area (Å²) in [5.74, 6) is -1.01. The Bertz CT molecular complexity index is 1100. The minimum atomic E-state index is -1.01. The van der Waals surface area contributed by atoms with Crippen molar-refractivity contribution in [2.75, 3.05) is 0 Å². The van der Waals surface area contributed by atoms with Crippen LogP contribution in [0.3, 0.4) is 0 Å². The van der Waals surface area contributed by atoms with Crippen LogP contribution in [0.1, 0.15) is 15.9 Å². The number of H-pyrrole nitrogens is 1. The van der Waals surface area contributed by atoms with Crippen molar-refractivity contribution in [3.63, 3.8) is 0 Å². The van der Waals surface area contributed by atoms with E-state index in [2.05, 4.69) is 20.2 Å². The van der Waals surface area contributed by atoms with E-state index in [0.29, 0.717) is 11.2 Å². The Kier molecular flexibility index (Phi) is 3.50. The number of aromatic carboxylic acids is 1. The number of carboxylic acid groups (broad SMARTS) is 1. The Hall–Kier alpha value is -3.54. The lowest BCUT2D eigenvalue weighted by molar-refractivity contribution is 0.0696. The average Bonchev–Trinajstić information content (AvgIpc) is 3.05. The summed E-state index contributed by atoms with van der Waals surface area (Å²) in [5.41, 5.74) is 5.33. The third-order valence-electron chi connectivity index (χ3n) is 4.14. The first-order valence-electron chi connectivity index (χ1n) is 7.72. The fourth-order valence-electron chi connectivity index (χ4n) is 2.83. The molecule has 0 fully saturated rings. The van der Waals surface area contributed by atoms with Gasteiger partial charge in [-0.25, -0.2) is 9.78 Å². The first-order valence-corrected chi connectivity index (χ1v) is 7.72. The molecule has 0 unspecified atom stereocenters. The monoisotopic (exact) mass is 330 g/mol. The number of pyridine rings is 2. The predicted octanol–water partition coefficient (Wildman–Crippen LogP) is 3.69. The van der Waals surface area contributed by atoms with Gasteiger partial charge in [-0.15, -0.1) is 0 Å². The third-order valence-corrected chi connectivity index (χ3v) is 4.14. The van der Waals surface area contributed by atoms with Gasteiger partial charge in [-0.1, -0.05) is 24.3 Å². The summed E-state index contributed by atoms with van der Waals surface area (Å²) in [6.07, 6.45) is 4.63. The van der Waals surface area contributed by atoms with Crippen molar-refractivity contribution in [1.29, 1.82) is 0 Å². The molecule has 4 rings (SSSR count). The highest BCUT2D eigenvalue weighted by Crippen LogP contribution is 2.30. The molecule has 4 aromatic rings. The normalized spacial score (nSPS) is 10.9. The lowest BCUT2D eigenvalue weighted by Crippen LogP contribution is -1.97. The van der Waals surface area contributed by atoms with Crippen LogP contribution in [0.25, 0.3) is 33.4 Å². The number of aryl methyl sites for hydroxylation is 1. The summed E-state index contributed by atoms with van der Waals surface area (Å²) in [6.45, 7) is 2.04. The highest BCUT2D eigenvalue weighted by Gasteiger charge is 2.13. The van der Waals surface area contributed by atoms with Gasteiger partial charge in [0.2, 0.25) is 0 Å². The lowest BCUT2D eigenvalue weighted by Gasteiger charge is -2.05. The molecule has 0 atom stereocenters. The standard InChI is InChI=1S/C19H14N4O2/c1-11-4-2-3-5-15(11)17-16-7-13(10-21-18(16)23-22-17)12-6-14(19(24)25)9-20-8-12/h2-10H,1H3,(H,24,25)(H,21,22,23). The molecule has 0 saturated heterocycles. The molecule has 0 spiro atoms. The summed E-state index contributed by atoms with van der Waals surface area (Å²) in [4.78, 5) is 19.6. The number of benzene rings is 1. The van der Waals surface area contributed by atoms with Crippen LogP contribution in [0.2, 0.25) is 0 Å². The van der Waals surface area contributed by atoms with Crippen LogP contribution in [-0.2, 0) is 0 Å². The smallest absolute Gasteiger partial charge is 0.337 e. The highest BCUT2D eigenvalue weighted by molar-refractivity contribution is 5.94. The minimum absolute atomic E-state index is 0.143. The maximum absolute atomic E-state index is 11.2. The molecule has 0 bridgehead atoms. The number of hydrogen-bond acceptors (Lipinski definition) is 4. The van der Waals surface area contributed by atoms with Crippen LogP contribution < -0.4 is 0 Å². The fourth-order valence-corrected chi connectivity index (χ4v) is 2.83. The van der Waals surface area contributed by atoms with Crippen LogP contribution in [-0.4, -0.2) is 31.2 Å². The molecule has 1 aromatic carbocycles. The molecule has 0 aliphatic carbocycles. The molecule has 0 amide bonds. The Morgan fingerprint density at radius 3 is 2.68 bits per heavy atom. The van der Waals surface area contributed by atoms with Crippen molar-refractivity contribution in [2.24, 2.45) is 0 Å². The summed E-state index contributed by atoms with van der Waals surface area (Å²) in [7, 11) is 0. The van der Waals surface area contributed by atoms with E-state index in [1.165, 1.54) is 6.20 Å². The molecule has 3 aromatic heterocycles. The molecule has 0 aliphatic rings. The van der Waals surface area contributed by atoms with Gasteiger partial charge in [0.15, 0.2) is 5.65 Å². The molecule has 6 heteroatoms. The Morgan fingerprint density at radius 2 is 1.88 bits per heavy atom. The maximum atomic E-state index is 11.2. The fraction of sp³-hybridized carbons (Fsp3) is 0.0526. The molecule has 122 valence electrons. The van der Waals surface area contributed by atoms with Gasteiger partial charge in [0.1, 0.15) is 0 Å². The second-order valence-electron chi connectivity index (χ2n) is 5.78. The second-order valence-corrected chi connectivity index (χ2v) is 5.78. The first-order chi connectivity index (χ1) is 12.1. The summed E-state index contributed by atoms with van der Waals surface area (Å²) in [6, 6.07) is 11.6. The summed E-state index contributed by atoms with van der Waals surface area (Å²) >= 11 is 0. The van der Waals surface area contributed by atoms with E-state index < -0.39 is 5.97 Å². The number of fused-ring (bicyclic) bond motifs is 1. The van der Waals surface area contributed by atoms with Gasteiger partial charge < -0.3 is 5.11 Å². The van der Waals surface area contributed by atoms with E-state index in [-0.39, 0.29) is 5.56 Å². The van der Waals surface area contributed by atoms with E-state index in [9.17, 15) is 4.79 Å². The maximum Gasteiger partial charge on any atom is 0.337 e. The molecular formula is C19H14N4O2. The van der Waals surface area contributed by atoms with Gasteiger partial charge >= 0.3 is 5.97 Å². The number of nitrogens with one attached hydrogen (secondary N) is 1. The minimum Gasteiger partial charge on any atom is -0.478 e. The topological polar surface area (TPSA) is 91.8 Å². The molecule has 25 heavy (non-hydrogen) atoms. The van der Waals surface area contributed by atoms with E-state index >= 15 is 0 Å². The molecule has 3 heterocycles. The molecule has 6 nitrogen and oxygen atoms in total. The highest BCUT2D eigenvalue weighted by atomic mass is 16.4.